The van der Waals surface area contributed by atoms with Crippen molar-refractivity contribution in [2.75, 3.05) is 0 Å². The Hall–Kier alpha value is -0.540. The molecule has 1 aromatic heterocycles. The predicted octanol–water partition coefficient (Wildman–Crippen LogP) is 3.24. The summed E-state index contributed by atoms with van der Waals surface area (Å²) in [4.78, 5) is 3.96. The predicted molar refractivity (Wildman–Crippen MR) is 46.7 cm³/mol. The Kier molecular flexibility index (Phi) is 1.62. The molecule has 0 aliphatic heterocycles. The zero-order valence-corrected chi connectivity index (χ0v) is 7.69. The Bertz CT molecular complexity index is 398. The molecule has 0 saturated heterocycles. The number of rotatable bonds is 0. The minimum absolute atomic E-state index is 0.173. The molecule has 0 aliphatic rings. The molecule has 0 bridgehead atoms. The van der Waals surface area contributed by atoms with E-state index in [4.69, 9.17) is 16.0 Å². The van der Waals surface area contributed by atoms with Gasteiger partial charge in [0.2, 0.25) is 0 Å². The van der Waals surface area contributed by atoms with Crippen molar-refractivity contribution in [3.63, 3.8) is 0 Å². The molecule has 2 rings (SSSR count). The third-order valence-electron chi connectivity index (χ3n) is 1.34. The number of nitrogens with zero attached hydrogens (tertiary/aromatic N) is 1. The first-order valence-electron chi connectivity index (χ1n) is 2.98. The van der Waals surface area contributed by atoms with Crippen LogP contribution in [-0.4, -0.2) is 4.98 Å². The largest absolute Gasteiger partial charge is 0.428 e. The van der Waals surface area contributed by atoms with Crippen LogP contribution in [0.15, 0.2) is 27.1 Å². The second-order valence-electron chi connectivity index (χ2n) is 2.05. The minimum Gasteiger partial charge on any atom is -0.428 e. The maximum Gasteiger partial charge on any atom is 0.293 e. The summed E-state index contributed by atoms with van der Waals surface area (Å²) in [6, 6.07) is 5.58. The van der Waals surface area contributed by atoms with Crippen LogP contribution >= 0.6 is 27.5 Å². The lowest BCUT2D eigenvalue weighted by Crippen LogP contribution is -1.68. The zero-order valence-electron chi connectivity index (χ0n) is 5.34. The van der Waals surface area contributed by atoms with Gasteiger partial charge in [0.25, 0.3) is 5.35 Å². The summed E-state index contributed by atoms with van der Waals surface area (Å²) in [5.74, 6) is 0. The molecule has 0 fully saturated rings. The van der Waals surface area contributed by atoms with Crippen molar-refractivity contribution in [2.24, 2.45) is 0 Å². The average Bonchev–Trinajstić information content (AvgIpc) is 2.31. The standard InChI is InChI=1S/C7H3BrClNO/c8-4-2-1-3-5-6(4)10-7(9)11-5/h1-3H. The number of hydrogen-bond acceptors (Lipinski definition) is 2. The molecule has 1 aromatic carbocycles. The van der Waals surface area contributed by atoms with Gasteiger partial charge in [-0.1, -0.05) is 6.07 Å². The molecule has 0 N–H and O–H groups in total. The van der Waals surface area contributed by atoms with Crippen LogP contribution < -0.4 is 0 Å². The third kappa shape index (κ3) is 1.14. The molecule has 0 radical (unpaired) electrons. The Morgan fingerprint density at radius 3 is 3.00 bits per heavy atom. The van der Waals surface area contributed by atoms with Crippen LogP contribution in [0.5, 0.6) is 0 Å². The number of aromatic nitrogens is 1. The summed E-state index contributed by atoms with van der Waals surface area (Å²) in [6.07, 6.45) is 0. The topological polar surface area (TPSA) is 26.0 Å². The van der Waals surface area contributed by atoms with Crippen LogP contribution in [0, 0.1) is 0 Å². The number of benzene rings is 1. The van der Waals surface area contributed by atoms with E-state index in [0.29, 0.717) is 5.58 Å². The molecule has 0 saturated carbocycles. The summed E-state index contributed by atoms with van der Waals surface area (Å²) in [6.45, 7) is 0. The quantitative estimate of drug-likeness (QED) is 0.697. The van der Waals surface area contributed by atoms with E-state index in [1.807, 2.05) is 18.2 Å². The molecular weight excluding hydrogens is 229 g/mol. The Morgan fingerprint density at radius 1 is 1.45 bits per heavy atom. The van der Waals surface area contributed by atoms with Gasteiger partial charge in [-0.05, 0) is 39.7 Å². The monoisotopic (exact) mass is 231 g/mol. The minimum atomic E-state index is 0.173. The first-order chi connectivity index (χ1) is 5.27. The van der Waals surface area contributed by atoms with Crippen molar-refractivity contribution in [1.29, 1.82) is 0 Å². The fourth-order valence-electron chi connectivity index (χ4n) is 0.888. The van der Waals surface area contributed by atoms with E-state index in [9.17, 15) is 0 Å². The number of hydrogen-bond donors (Lipinski definition) is 0. The maximum atomic E-state index is 5.56. The highest BCUT2D eigenvalue weighted by Crippen LogP contribution is 2.25. The van der Waals surface area contributed by atoms with E-state index in [-0.39, 0.29) is 5.35 Å². The first kappa shape index (κ1) is 7.13. The molecule has 0 amide bonds. The van der Waals surface area contributed by atoms with E-state index in [2.05, 4.69) is 20.9 Å². The van der Waals surface area contributed by atoms with Crippen LogP contribution in [0.3, 0.4) is 0 Å². The van der Waals surface area contributed by atoms with Gasteiger partial charge in [0.05, 0.1) is 0 Å². The van der Waals surface area contributed by atoms with Crippen LogP contribution in [-0.2, 0) is 0 Å². The zero-order chi connectivity index (χ0) is 7.84. The molecule has 0 atom stereocenters. The second-order valence-corrected chi connectivity index (χ2v) is 3.23. The molecule has 0 spiro atoms. The smallest absolute Gasteiger partial charge is 0.293 e. The average molecular weight is 232 g/mol. The normalized spacial score (nSPS) is 10.7. The van der Waals surface area contributed by atoms with Crippen molar-refractivity contribution in [2.45, 2.75) is 0 Å². The van der Waals surface area contributed by atoms with Gasteiger partial charge in [0.15, 0.2) is 5.58 Å². The number of oxazole rings is 1. The maximum absolute atomic E-state index is 5.56. The van der Waals surface area contributed by atoms with Gasteiger partial charge in [-0.2, -0.15) is 4.98 Å². The Balaban J connectivity index is 2.90. The molecule has 0 unspecified atom stereocenters. The SMILES string of the molecule is Clc1nc2c(Br)cccc2o1. The van der Waals surface area contributed by atoms with Crippen molar-refractivity contribution in [3.05, 3.63) is 28.0 Å². The molecule has 56 valence electrons. The van der Waals surface area contributed by atoms with Crippen molar-refractivity contribution >= 4 is 38.6 Å². The van der Waals surface area contributed by atoms with Crippen molar-refractivity contribution in [3.8, 4) is 0 Å². The van der Waals surface area contributed by atoms with Crippen molar-refractivity contribution < 1.29 is 4.42 Å². The molecule has 2 nitrogen and oxygen atoms in total. The van der Waals surface area contributed by atoms with Gasteiger partial charge in [-0.25, -0.2) is 0 Å². The number of fused-ring (bicyclic) bond motifs is 1. The lowest BCUT2D eigenvalue weighted by molar-refractivity contribution is 0.604. The highest BCUT2D eigenvalue weighted by atomic mass is 79.9. The Morgan fingerprint density at radius 2 is 2.27 bits per heavy atom. The van der Waals surface area contributed by atoms with Crippen LogP contribution in [0.25, 0.3) is 11.1 Å². The molecule has 2 aromatic rings. The van der Waals surface area contributed by atoms with E-state index < -0.39 is 0 Å². The molecule has 0 aliphatic carbocycles. The van der Waals surface area contributed by atoms with E-state index in [1.54, 1.807) is 0 Å². The molecule has 4 heteroatoms. The van der Waals surface area contributed by atoms with E-state index in [1.165, 1.54) is 0 Å². The van der Waals surface area contributed by atoms with Gasteiger partial charge in [-0.15, -0.1) is 0 Å². The molecule has 1 heterocycles. The fraction of sp³-hybridized carbons (Fsp3) is 0. The van der Waals surface area contributed by atoms with Gasteiger partial charge < -0.3 is 4.42 Å². The summed E-state index contributed by atoms with van der Waals surface area (Å²) in [5.41, 5.74) is 1.46. The lowest BCUT2D eigenvalue weighted by atomic mass is 10.3. The van der Waals surface area contributed by atoms with Crippen LogP contribution in [0.1, 0.15) is 0 Å². The first-order valence-corrected chi connectivity index (χ1v) is 4.15. The van der Waals surface area contributed by atoms with Gasteiger partial charge in [0, 0.05) is 4.47 Å². The summed E-state index contributed by atoms with van der Waals surface area (Å²) < 4.78 is 5.97. The van der Waals surface area contributed by atoms with Crippen LogP contribution in [0.4, 0.5) is 0 Å². The molecular formula is C7H3BrClNO. The summed E-state index contributed by atoms with van der Waals surface area (Å²) in [5, 5.41) is 0.173. The van der Waals surface area contributed by atoms with E-state index >= 15 is 0 Å². The van der Waals surface area contributed by atoms with Crippen molar-refractivity contribution in [1.82, 2.24) is 4.98 Å². The fourth-order valence-corrected chi connectivity index (χ4v) is 1.49. The number of halogens is 2. The van der Waals surface area contributed by atoms with Gasteiger partial charge in [0.1, 0.15) is 5.52 Å². The van der Waals surface area contributed by atoms with E-state index in [0.717, 1.165) is 9.99 Å². The highest BCUT2D eigenvalue weighted by Gasteiger charge is 2.04. The lowest BCUT2D eigenvalue weighted by Gasteiger charge is -1.86. The van der Waals surface area contributed by atoms with Gasteiger partial charge in [-0.3, -0.25) is 0 Å². The highest BCUT2D eigenvalue weighted by molar-refractivity contribution is 9.10. The Labute approximate surface area is 76.3 Å². The summed E-state index contributed by atoms with van der Waals surface area (Å²) in [7, 11) is 0. The second kappa shape index (κ2) is 2.50. The van der Waals surface area contributed by atoms with Gasteiger partial charge >= 0.3 is 0 Å². The third-order valence-corrected chi connectivity index (χ3v) is 2.15. The van der Waals surface area contributed by atoms with Crippen LogP contribution in [0.2, 0.25) is 5.35 Å². The summed E-state index contributed by atoms with van der Waals surface area (Å²) >= 11 is 8.89. The molecule has 11 heavy (non-hydrogen) atoms. The number of para-hydroxylation sites is 1.